The molecule has 118 valence electrons. The number of rotatable bonds is 9. The topological polar surface area (TPSA) is 53.9 Å². The number of anilines is 2. The number of unbranched alkanes of at least 4 members (excludes halogenated alkanes) is 5. The monoisotopic (exact) mass is 311 g/mol. The molecular weight excluding hydrogens is 286 g/mol. The zero-order chi connectivity index (χ0) is 14.9. The summed E-state index contributed by atoms with van der Waals surface area (Å²) in [5, 5.41) is 3.54. The zero-order valence-electron chi connectivity index (χ0n) is 12.9. The Morgan fingerprint density at radius 2 is 1.71 bits per heavy atom. The second kappa shape index (κ2) is 9.03. The Labute approximate surface area is 132 Å². The molecule has 0 aliphatic carbocycles. The summed E-state index contributed by atoms with van der Waals surface area (Å²) in [5.74, 6) is 1.31. The summed E-state index contributed by atoms with van der Waals surface area (Å²) >= 11 is 6.00. The number of nitrogens with one attached hydrogen (secondary N) is 1. The van der Waals surface area contributed by atoms with E-state index in [1.807, 2.05) is 0 Å². The van der Waals surface area contributed by atoms with Gasteiger partial charge in [0.05, 0.1) is 0 Å². The Hall–Kier alpha value is -1.10. The van der Waals surface area contributed by atoms with E-state index in [1.165, 1.54) is 44.9 Å². The molecule has 2 rings (SSSR count). The van der Waals surface area contributed by atoms with Gasteiger partial charge in [0, 0.05) is 19.6 Å². The lowest BCUT2D eigenvalue weighted by atomic mass is 10.1. The first-order valence-electron chi connectivity index (χ1n) is 8.20. The number of halogens is 1. The summed E-state index contributed by atoms with van der Waals surface area (Å²) in [5.41, 5.74) is 0. The molecule has 1 aromatic rings. The van der Waals surface area contributed by atoms with Crippen molar-refractivity contribution >= 4 is 23.5 Å². The van der Waals surface area contributed by atoms with Crippen LogP contribution in [0, 0.1) is 0 Å². The molecule has 0 spiro atoms. The normalized spacial score (nSPS) is 14.7. The van der Waals surface area contributed by atoms with E-state index in [1.54, 1.807) is 0 Å². The molecule has 0 amide bonds. The standard InChI is InChI=1S/C15H26ClN5/c1-2-3-4-5-6-7-10-17-14-18-13(16)19-15(20-14)21-11-8-9-12-21/h2-12H2,1H3,(H,17,18,19,20). The third-order valence-electron chi connectivity index (χ3n) is 3.80. The van der Waals surface area contributed by atoms with Crippen molar-refractivity contribution in [3.63, 3.8) is 0 Å². The Balaban J connectivity index is 1.75. The molecule has 1 N–H and O–H groups in total. The first-order chi connectivity index (χ1) is 10.3. The van der Waals surface area contributed by atoms with E-state index in [4.69, 9.17) is 11.6 Å². The van der Waals surface area contributed by atoms with Crippen molar-refractivity contribution in [2.24, 2.45) is 0 Å². The van der Waals surface area contributed by atoms with Crippen molar-refractivity contribution < 1.29 is 0 Å². The molecule has 1 fully saturated rings. The van der Waals surface area contributed by atoms with Gasteiger partial charge in [-0.1, -0.05) is 39.0 Å². The lowest BCUT2D eigenvalue weighted by Gasteiger charge is -2.15. The van der Waals surface area contributed by atoms with E-state index in [0.29, 0.717) is 11.9 Å². The summed E-state index contributed by atoms with van der Waals surface area (Å²) in [7, 11) is 0. The van der Waals surface area contributed by atoms with Crippen LogP contribution in [0.15, 0.2) is 0 Å². The fourth-order valence-electron chi connectivity index (χ4n) is 2.58. The third-order valence-corrected chi connectivity index (χ3v) is 3.97. The van der Waals surface area contributed by atoms with Crippen molar-refractivity contribution in [2.45, 2.75) is 58.3 Å². The SMILES string of the molecule is CCCCCCCCNc1nc(Cl)nc(N2CCCC2)n1. The highest BCUT2D eigenvalue weighted by atomic mass is 35.5. The van der Waals surface area contributed by atoms with Crippen molar-refractivity contribution in [1.29, 1.82) is 0 Å². The Bertz CT molecular complexity index is 421. The van der Waals surface area contributed by atoms with E-state index in [9.17, 15) is 0 Å². The van der Waals surface area contributed by atoms with Gasteiger partial charge in [0.1, 0.15) is 0 Å². The van der Waals surface area contributed by atoms with Crippen LogP contribution in [0.25, 0.3) is 0 Å². The van der Waals surface area contributed by atoms with Crippen molar-refractivity contribution in [1.82, 2.24) is 15.0 Å². The Morgan fingerprint density at radius 1 is 1.00 bits per heavy atom. The molecule has 0 saturated carbocycles. The van der Waals surface area contributed by atoms with Gasteiger partial charge in [-0.15, -0.1) is 0 Å². The third kappa shape index (κ3) is 5.65. The van der Waals surface area contributed by atoms with Gasteiger partial charge < -0.3 is 10.2 Å². The molecule has 2 heterocycles. The van der Waals surface area contributed by atoms with Crippen LogP contribution in [0.4, 0.5) is 11.9 Å². The first-order valence-corrected chi connectivity index (χ1v) is 8.58. The van der Waals surface area contributed by atoms with Gasteiger partial charge in [-0.05, 0) is 30.9 Å². The number of hydrogen-bond donors (Lipinski definition) is 1. The van der Waals surface area contributed by atoms with Crippen LogP contribution >= 0.6 is 11.6 Å². The van der Waals surface area contributed by atoms with E-state index in [0.717, 1.165) is 26.1 Å². The second-order valence-corrected chi connectivity index (χ2v) is 5.95. The van der Waals surface area contributed by atoms with Crippen molar-refractivity contribution in [3.05, 3.63) is 5.28 Å². The van der Waals surface area contributed by atoms with Crippen molar-refractivity contribution in [2.75, 3.05) is 29.9 Å². The molecule has 0 radical (unpaired) electrons. The van der Waals surface area contributed by atoms with E-state index < -0.39 is 0 Å². The fourth-order valence-corrected chi connectivity index (χ4v) is 2.74. The summed E-state index contributed by atoms with van der Waals surface area (Å²) in [6, 6.07) is 0. The molecule has 6 heteroatoms. The molecule has 1 aliphatic rings. The largest absolute Gasteiger partial charge is 0.354 e. The molecular formula is C15H26ClN5. The summed E-state index contributed by atoms with van der Waals surface area (Å²) < 4.78 is 0. The lowest BCUT2D eigenvalue weighted by Crippen LogP contribution is -2.21. The molecule has 1 aromatic heterocycles. The lowest BCUT2D eigenvalue weighted by molar-refractivity contribution is 0.616. The van der Waals surface area contributed by atoms with Crippen LogP contribution in [-0.4, -0.2) is 34.6 Å². The van der Waals surface area contributed by atoms with Gasteiger partial charge in [-0.25, -0.2) is 0 Å². The van der Waals surface area contributed by atoms with Crippen LogP contribution in [0.1, 0.15) is 58.3 Å². The minimum atomic E-state index is 0.275. The van der Waals surface area contributed by atoms with Gasteiger partial charge in [-0.2, -0.15) is 15.0 Å². The average molecular weight is 312 g/mol. The van der Waals surface area contributed by atoms with Crippen LogP contribution in [0.5, 0.6) is 0 Å². The van der Waals surface area contributed by atoms with Gasteiger partial charge in [-0.3, -0.25) is 0 Å². The maximum Gasteiger partial charge on any atom is 0.231 e. The van der Waals surface area contributed by atoms with E-state index >= 15 is 0 Å². The van der Waals surface area contributed by atoms with Crippen LogP contribution in [-0.2, 0) is 0 Å². The Kier molecular flexibility index (Phi) is 7.00. The highest BCUT2D eigenvalue weighted by Crippen LogP contribution is 2.18. The molecule has 1 aliphatic heterocycles. The van der Waals surface area contributed by atoms with Crippen LogP contribution < -0.4 is 10.2 Å². The minimum Gasteiger partial charge on any atom is -0.354 e. The first kappa shape index (κ1) is 16.3. The summed E-state index contributed by atoms with van der Waals surface area (Å²) in [6.07, 6.45) is 10.1. The Morgan fingerprint density at radius 3 is 2.48 bits per heavy atom. The smallest absolute Gasteiger partial charge is 0.231 e. The average Bonchev–Trinajstić information content (AvgIpc) is 3.00. The number of nitrogens with zero attached hydrogens (tertiary/aromatic N) is 4. The number of aromatic nitrogens is 3. The highest BCUT2D eigenvalue weighted by Gasteiger charge is 2.16. The number of hydrogen-bond acceptors (Lipinski definition) is 5. The predicted octanol–water partition coefficient (Wildman–Crippen LogP) is 3.90. The minimum absolute atomic E-state index is 0.275. The fraction of sp³-hybridized carbons (Fsp3) is 0.800. The van der Waals surface area contributed by atoms with E-state index in [2.05, 4.69) is 32.1 Å². The molecule has 0 bridgehead atoms. The maximum atomic E-state index is 6.00. The van der Waals surface area contributed by atoms with Gasteiger partial charge in [0.2, 0.25) is 17.2 Å². The van der Waals surface area contributed by atoms with Gasteiger partial charge in [0.15, 0.2) is 0 Å². The van der Waals surface area contributed by atoms with Crippen LogP contribution in [0.2, 0.25) is 5.28 Å². The molecule has 0 atom stereocenters. The molecule has 21 heavy (non-hydrogen) atoms. The quantitative estimate of drug-likeness (QED) is 0.701. The molecule has 5 nitrogen and oxygen atoms in total. The molecule has 1 saturated heterocycles. The summed E-state index contributed by atoms with van der Waals surface area (Å²) in [6.45, 7) is 5.16. The van der Waals surface area contributed by atoms with Crippen LogP contribution in [0.3, 0.4) is 0 Å². The molecule has 0 unspecified atom stereocenters. The maximum absolute atomic E-state index is 6.00. The van der Waals surface area contributed by atoms with Gasteiger partial charge in [0.25, 0.3) is 0 Å². The van der Waals surface area contributed by atoms with Crippen molar-refractivity contribution in [3.8, 4) is 0 Å². The van der Waals surface area contributed by atoms with E-state index in [-0.39, 0.29) is 5.28 Å². The highest BCUT2D eigenvalue weighted by molar-refractivity contribution is 6.28. The molecule has 0 aromatic carbocycles. The second-order valence-electron chi connectivity index (χ2n) is 5.62. The zero-order valence-corrected chi connectivity index (χ0v) is 13.7. The summed E-state index contributed by atoms with van der Waals surface area (Å²) in [4.78, 5) is 15.0. The predicted molar refractivity (Wildman–Crippen MR) is 88.1 cm³/mol. The van der Waals surface area contributed by atoms with Gasteiger partial charge >= 0.3 is 0 Å².